The van der Waals surface area contributed by atoms with E-state index in [1.165, 1.54) is 0 Å². The number of aromatic nitrogens is 2. The monoisotopic (exact) mass is 232 g/mol. The van der Waals surface area contributed by atoms with Gasteiger partial charge in [0.1, 0.15) is 11.3 Å². The predicted octanol–water partition coefficient (Wildman–Crippen LogP) is 1.25. The number of aromatic hydroxyl groups is 1. The normalized spacial score (nSPS) is 17.6. The van der Waals surface area contributed by atoms with E-state index in [0.717, 1.165) is 31.4 Å². The highest BCUT2D eigenvalue weighted by atomic mass is 16.3. The van der Waals surface area contributed by atoms with Gasteiger partial charge in [0, 0.05) is 6.04 Å². The molecule has 1 aliphatic heterocycles. The second-order valence-electron chi connectivity index (χ2n) is 4.47. The molecular weight excluding hydrogens is 216 g/mol. The van der Waals surface area contributed by atoms with Crippen LogP contribution in [0.1, 0.15) is 18.9 Å². The van der Waals surface area contributed by atoms with Gasteiger partial charge >= 0.3 is 0 Å². The SMILES string of the molecule is Nc1nc2c(O)cccc2n1C1CCNCC1. The molecule has 0 radical (unpaired) electrons. The van der Waals surface area contributed by atoms with E-state index in [9.17, 15) is 5.11 Å². The number of imidazole rings is 1. The Balaban J connectivity index is 2.14. The zero-order chi connectivity index (χ0) is 11.8. The zero-order valence-electron chi connectivity index (χ0n) is 9.56. The largest absolute Gasteiger partial charge is 0.506 e. The zero-order valence-corrected chi connectivity index (χ0v) is 9.56. The van der Waals surface area contributed by atoms with Gasteiger partial charge in [-0.1, -0.05) is 6.07 Å². The average Bonchev–Trinajstić information content (AvgIpc) is 2.68. The van der Waals surface area contributed by atoms with Crippen molar-refractivity contribution in [2.24, 2.45) is 0 Å². The third-order valence-corrected chi connectivity index (χ3v) is 3.40. The van der Waals surface area contributed by atoms with Gasteiger partial charge < -0.3 is 20.7 Å². The molecule has 0 spiro atoms. The molecule has 0 unspecified atom stereocenters. The van der Waals surface area contributed by atoms with E-state index in [1.807, 2.05) is 12.1 Å². The summed E-state index contributed by atoms with van der Waals surface area (Å²) >= 11 is 0. The molecule has 2 heterocycles. The van der Waals surface area contributed by atoms with Crippen molar-refractivity contribution in [1.29, 1.82) is 0 Å². The summed E-state index contributed by atoms with van der Waals surface area (Å²) in [6.45, 7) is 2.01. The number of para-hydroxylation sites is 1. The molecule has 5 heteroatoms. The van der Waals surface area contributed by atoms with E-state index in [0.29, 0.717) is 17.5 Å². The van der Waals surface area contributed by atoms with Crippen molar-refractivity contribution in [2.75, 3.05) is 18.8 Å². The number of piperidine rings is 1. The molecule has 2 aromatic rings. The highest BCUT2D eigenvalue weighted by Crippen LogP contribution is 2.31. The Morgan fingerprint density at radius 2 is 2.12 bits per heavy atom. The summed E-state index contributed by atoms with van der Waals surface area (Å²) in [7, 11) is 0. The lowest BCUT2D eigenvalue weighted by Crippen LogP contribution is -2.29. The fourth-order valence-electron chi connectivity index (χ4n) is 2.57. The van der Waals surface area contributed by atoms with Crippen molar-refractivity contribution in [2.45, 2.75) is 18.9 Å². The number of hydrogen-bond acceptors (Lipinski definition) is 4. The van der Waals surface area contributed by atoms with Gasteiger partial charge in [-0.15, -0.1) is 0 Å². The minimum absolute atomic E-state index is 0.196. The molecule has 1 aromatic heterocycles. The van der Waals surface area contributed by atoms with Crippen molar-refractivity contribution in [3.8, 4) is 5.75 Å². The highest BCUT2D eigenvalue weighted by Gasteiger charge is 2.20. The first-order valence-corrected chi connectivity index (χ1v) is 5.93. The van der Waals surface area contributed by atoms with E-state index in [1.54, 1.807) is 6.07 Å². The number of anilines is 1. The number of nitrogens with zero attached hydrogens (tertiary/aromatic N) is 2. The summed E-state index contributed by atoms with van der Waals surface area (Å²) in [6.07, 6.45) is 2.09. The van der Waals surface area contributed by atoms with Crippen LogP contribution in [0.2, 0.25) is 0 Å². The van der Waals surface area contributed by atoms with Crippen LogP contribution >= 0.6 is 0 Å². The molecule has 0 amide bonds. The molecule has 0 aliphatic carbocycles. The van der Waals surface area contributed by atoms with Gasteiger partial charge in [0.2, 0.25) is 5.95 Å². The van der Waals surface area contributed by atoms with Crippen molar-refractivity contribution in [1.82, 2.24) is 14.9 Å². The fourth-order valence-corrected chi connectivity index (χ4v) is 2.57. The lowest BCUT2D eigenvalue weighted by Gasteiger charge is -2.25. The number of phenolic OH excluding ortho intramolecular Hbond substituents is 1. The van der Waals surface area contributed by atoms with Crippen LogP contribution in [0.15, 0.2) is 18.2 Å². The standard InChI is InChI=1S/C12H16N4O/c13-12-15-11-9(2-1-3-10(11)17)16(12)8-4-6-14-7-5-8/h1-3,8,14,17H,4-7H2,(H2,13,15). The van der Waals surface area contributed by atoms with Gasteiger partial charge in [-0.25, -0.2) is 4.98 Å². The first kappa shape index (κ1) is 10.4. The number of fused-ring (bicyclic) bond motifs is 1. The Labute approximate surface area is 99.3 Å². The molecule has 90 valence electrons. The summed E-state index contributed by atoms with van der Waals surface area (Å²) < 4.78 is 2.05. The number of nitrogen functional groups attached to an aromatic ring is 1. The van der Waals surface area contributed by atoms with Gasteiger partial charge in [0.05, 0.1) is 5.52 Å². The fraction of sp³-hybridized carbons (Fsp3) is 0.417. The molecule has 4 N–H and O–H groups in total. The van der Waals surface area contributed by atoms with E-state index in [2.05, 4.69) is 14.9 Å². The van der Waals surface area contributed by atoms with Gasteiger partial charge in [0.15, 0.2) is 0 Å². The van der Waals surface area contributed by atoms with Crippen LogP contribution in [0.4, 0.5) is 5.95 Å². The lowest BCUT2D eigenvalue weighted by atomic mass is 10.1. The number of rotatable bonds is 1. The first-order chi connectivity index (χ1) is 8.27. The van der Waals surface area contributed by atoms with Crippen molar-refractivity contribution >= 4 is 17.0 Å². The predicted molar refractivity (Wildman–Crippen MR) is 67.0 cm³/mol. The first-order valence-electron chi connectivity index (χ1n) is 5.93. The maximum Gasteiger partial charge on any atom is 0.201 e. The number of phenols is 1. The maximum absolute atomic E-state index is 9.76. The second-order valence-corrected chi connectivity index (χ2v) is 4.47. The van der Waals surface area contributed by atoms with Gasteiger partial charge in [-0.05, 0) is 38.1 Å². The Hall–Kier alpha value is -1.75. The minimum Gasteiger partial charge on any atom is -0.506 e. The third kappa shape index (κ3) is 1.63. The number of nitrogens with one attached hydrogen (secondary N) is 1. The molecule has 3 rings (SSSR count). The van der Waals surface area contributed by atoms with E-state index in [-0.39, 0.29) is 5.75 Å². The highest BCUT2D eigenvalue weighted by molar-refractivity contribution is 5.84. The number of hydrogen-bond donors (Lipinski definition) is 3. The smallest absolute Gasteiger partial charge is 0.201 e. The summed E-state index contributed by atoms with van der Waals surface area (Å²) in [5.41, 5.74) is 7.50. The molecule has 17 heavy (non-hydrogen) atoms. The van der Waals surface area contributed by atoms with Crippen LogP contribution in [0.5, 0.6) is 5.75 Å². The maximum atomic E-state index is 9.76. The minimum atomic E-state index is 0.196. The Morgan fingerprint density at radius 3 is 2.88 bits per heavy atom. The van der Waals surface area contributed by atoms with Gasteiger partial charge in [0.25, 0.3) is 0 Å². The van der Waals surface area contributed by atoms with Crippen LogP contribution in [-0.4, -0.2) is 27.7 Å². The summed E-state index contributed by atoms with van der Waals surface area (Å²) in [4.78, 5) is 4.26. The van der Waals surface area contributed by atoms with Crippen LogP contribution in [0, 0.1) is 0 Å². The van der Waals surface area contributed by atoms with Gasteiger partial charge in [-0.3, -0.25) is 0 Å². The van der Waals surface area contributed by atoms with Crippen LogP contribution in [0.3, 0.4) is 0 Å². The van der Waals surface area contributed by atoms with E-state index >= 15 is 0 Å². The Kier molecular flexibility index (Phi) is 2.40. The van der Waals surface area contributed by atoms with Crippen molar-refractivity contribution in [3.63, 3.8) is 0 Å². The summed E-state index contributed by atoms with van der Waals surface area (Å²) in [6, 6.07) is 5.81. The van der Waals surface area contributed by atoms with Crippen molar-refractivity contribution < 1.29 is 5.11 Å². The molecular formula is C12H16N4O. The van der Waals surface area contributed by atoms with Crippen LogP contribution in [-0.2, 0) is 0 Å². The molecule has 0 bridgehead atoms. The topological polar surface area (TPSA) is 76.1 Å². The lowest BCUT2D eigenvalue weighted by molar-refractivity contribution is 0.378. The van der Waals surface area contributed by atoms with E-state index < -0.39 is 0 Å². The molecule has 0 saturated carbocycles. The second kappa shape index (κ2) is 3.92. The molecule has 1 saturated heterocycles. The summed E-state index contributed by atoms with van der Waals surface area (Å²) in [5, 5.41) is 13.1. The molecule has 1 aliphatic rings. The van der Waals surface area contributed by atoms with Crippen LogP contribution < -0.4 is 11.1 Å². The molecule has 1 fully saturated rings. The Morgan fingerprint density at radius 1 is 1.35 bits per heavy atom. The number of nitrogens with two attached hydrogens (primary N) is 1. The van der Waals surface area contributed by atoms with Crippen LogP contribution in [0.25, 0.3) is 11.0 Å². The summed E-state index contributed by atoms with van der Waals surface area (Å²) in [5.74, 6) is 0.690. The molecule has 0 atom stereocenters. The third-order valence-electron chi connectivity index (χ3n) is 3.40. The van der Waals surface area contributed by atoms with Gasteiger partial charge in [-0.2, -0.15) is 0 Å². The molecule has 5 nitrogen and oxygen atoms in total. The molecule has 1 aromatic carbocycles. The quantitative estimate of drug-likeness (QED) is 0.691. The average molecular weight is 232 g/mol. The Bertz CT molecular complexity index is 543. The number of benzene rings is 1. The van der Waals surface area contributed by atoms with E-state index in [4.69, 9.17) is 5.73 Å². The van der Waals surface area contributed by atoms with Crippen molar-refractivity contribution in [3.05, 3.63) is 18.2 Å².